The van der Waals surface area contributed by atoms with Gasteiger partial charge in [0.2, 0.25) is 23.6 Å². The number of primary amides is 1. The quantitative estimate of drug-likeness (QED) is 0.0433. The largest absolute Gasteiger partial charge is 0.481 e. The normalized spacial score (nSPS) is 13.6. The van der Waals surface area contributed by atoms with Crippen LogP contribution >= 0.6 is 0 Å². The molecule has 0 aromatic carbocycles. The number of rotatable bonds is 19. The van der Waals surface area contributed by atoms with Gasteiger partial charge in [0.15, 0.2) is 5.96 Å². The molecule has 0 radical (unpaired) electrons. The minimum atomic E-state index is -1.55. The van der Waals surface area contributed by atoms with Gasteiger partial charge in [0.25, 0.3) is 0 Å². The van der Waals surface area contributed by atoms with Crippen LogP contribution in [-0.4, -0.2) is 92.4 Å². The van der Waals surface area contributed by atoms with Crippen LogP contribution in [0.1, 0.15) is 44.2 Å². The molecule has 0 aliphatic carbocycles. The summed E-state index contributed by atoms with van der Waals surface area (Å²) in [5, 5.41) is 25.3. The van der Waals surface area contributed by atoms with E-state index in [-0.39, 0.29) is 38.2 Å². The van der Waals surface area contributed by atoms with E-state index in [0.717, 1.165) is 0 Å². The van der Waals surface area contributed by atoms with Gasteiger partial charge in [0.05, 0.1) is 12.4 Å². The number of guanidine groups is 1. The molecule has 0 saturated heterocycles. The van der Waals surface area contributed by atoms with Crippen molar-refractivity contribution in [3.8, 4) is 0 Å². The van der Waals surface area contributed by atoms with Crippen LogP contribution in [0.2, 0.25) is 0 Å². The molecule has 18 heteroatoms. The average molecular weight is 569 g/mol. The zero-order valence-corrected chi connectivity index (χ0v) is 21.7. The van der Waals surface area contributed by atoms with Crippen molar-refractivity contribution < 1.29 is 39.0 Å². The number of aromatic amines is 1. The predicted molar refractivity (Wildman–Crippen MR) is 139 cm³/mol. The summed E-state index contributed by atoms with van der Waals surface area (Å²) < 4.78 is 0. The molecule has 1 heterocycles. The fourth-order valence-corrected chi connectivity index (χ4v) is 3.38. The van der Waals surface area contributed by atoms with Gasteiger partial charge >= 0.3 is 11.9 Å². The van der Waals surface area contributed by atoms with Crippen molar-refractivity contribution in [1.29, 1.82) is 0 Å². The van der Waals surface area contributed by atoms with Crippen LogP contribution in [0.4, 0.5) is 0 Å². The number of aliphatic imine (C=N–C) groups is 1. The third-order valence-corrected chi connectivity index (χ3v) is 5.49. The Hall–Kier alpha value is -4.74. The predicted octanol–water partition coefficient (Wildman–Crippen LogP) is -4.00. The zero-order valence-electron chi connectivity index (χ0n) is 21.7. The van der Waals surface area contributed by atoms with Gasteiger partial charge in [-0.2, -0.15) is 0 Å². The molecule has 1 rings (SSSR count). The van der Waals surface area contributed by atoms with Crippen molar-refractivity contribution in [1.82, 2.24) is 25.9 Å². The van der Waals surface area contributed by atoms with Gasteiger partial charge in [-0.3, -0.25) is 29.0 Å². The number of H-pyrrole nitrogens is 1. The van der Waals surface area contributed by atoms with Crippen molar-refractivity contribution in [2.75, 3.05) is 6.54 Å². The number of hydrogen-bond acceptors (Lipinski definition) is 9. The van der Waals surface area contributed by atoms with E-state index in [2.05, 4.69) is 30.9 Å². The highest BCUT2D eigenvalue weighted by Gasteiger charge is 2.31. The summed E-state index contributed by atoms with van der Waals surface area (Å²) in [7, 11) is 0. The van der Waals surface area contributed by atoms with Crippen LogP contribution in [0.25, 0.3) is 0 Å². The van der Waals surface area contributed by atoms with E-state index in [1.165, 1.54) is 12.5 Å². The Morgan fingerprint density at radius 3 is 2.02 bits per heavy atom. The second-order valence-electron chi connectivity index (χ2n) is 8.80. The van der Waals surface area contributed by atoms with E-state index in [1.807, 2.05) is 0 Å². The van der Waals surface area contributed by atoms with Crippen molar-refractivity contribution >= 4 is 41.5 Å². The summed E-state index contributed by atoms with van der Waals surface area (Å²) in [6.07, 6.45) is 1.64. The minimum Gasteiger partial charge on any atom is -0.481 e. The lowest BCUT2D eigenvalue weighted by Crippen LogP contribution is -2.57. The Bertz CT molecular complexity index is 1060. The molecule has 1 aromatic heterocycles. The van der Waals surface area contributed by atoms with Crippen molar-refractivity contribution in [3.05, 3.63) is 18.2 Å². The molecule has 4 unspecified atom stereocenters. The smallest absolute Gasteiger partial charge is 0.326 e. The van der Waals surface area contributed by atoms with Gasteiger partial charge in [-0.05, 0) is 25.7 Å². The number of carboxylic acid groups (broad SMARTS) is 2. The summed E-state index contributed by atoms with van der Waals surface area (Å²) >= 11 is 0. The van der Waals surface area contributed by atoms with Crippen LogP contribution in [0.5, 0.6) is 0 Å². The van der Waals surface area contributed by atoms with Crippen molar-refractivity contribution in [2.45, 2.75) is 69.1 Å². The number of hydrogen-bond donors (Lipinski definition) is 10. The van der Waals surface area contributed by atoms with E-state index < -0.39 is 72.6 Å². The molecule has 222 valence electrons. The Balaban J connectivity index is 3.03. The Labute approximate surface area is 228 Å². The molecule has 0 fully saturated rings. The first kappa shape index (κ1) is 33.3. The maximum absolute atomic E-state index is 13.2. The molecule has 4 atom stereocenters. The van der Waals surface area contributed by atoms with Gasteiger partial charge in [0.1, 0.15) is 18.1 Å². The van der Waals surface area contributed by atoms with Crippen LogP contribution < -0.4 is 38.9 Å². The highest BCUT2D eigenvalue weighted by atomic mass is 16.4. The number of nitrogens with zero attached hydrogens (tertiary/aromatic N) is 2. The molecule has 0 aliphatic heterocycles. The molecule has 0 saturated carbocycles. The van der Waals surface area contributed by atoms with Crippen LogP contribution in [0.15, 0.2) is 17.5 Å². The van der Waals surface area contributed by atoms with Crippen molar-refractivity contribution in [3.63, 3.8) is 0 Å². The Morgan fingerprint density at radius 1 is 0.875 bits per heavy atom. The van der Waals surface area contributed by atoms with E-state index in [1.54, 1.807) is 0 Å². The molecule has 4 amide bonds. The summed E-state index contributed by atoms with van der Waals surface area (Å²) in [5.41, 5.74) is 22.0. The number of aromatic nitrogens is 2. The number of nitrogens with two attached hydrogens (primary N) is 4. The lowest BCUT2D eigenvalue weighted by atomic mass is 10.1. The average Bonchev–Trinajstić information content (AvgIpc) is 3.38. The second kappa shape index (κ2) is 17.0. The Kier molecular flexibility index (Phi) is 14.1. The minimum absolute atomic E-state index is 0.119. The molecule has 40 heavy (non-hydrogen) atoms. The number of imidazole rings is 1. The number of aliphatic carboxylic acids is 2. The molecular weight excluding hydrogens is 532 g/mol. The maximum atomic E-state index is 13.2. The van der Waals surface area contributed by atoms with Gasteiger partial charge < -0.3 is 54.1 Å². The first-order valence-corrected chi connectivity index (χ1v) is 12.2. The monoisotopic (exact) mass is 568 g/mol. The molecule has 1 aromatic rings. The van der Waals surface area contributed by atoms with E-state index in [4.69, 9.17) is 28.0 Å². The summed E-state index contributed by atoms with van der Waals surface area (Å²) in [5.74, 6) is -6.12. The lowest BCUT2D eigenvalue weighted by molar-refractivity contribution is -0.143. The number of carbonyl (C=O) groups excluding carboxylic acids is 4. The van der Waals surface area contributed by atoms with E-state index in [0.29, 0.717) is 12.1 Å². The van der Waals surface area contributed by atoms with Crippen molar-refractivity contribution in [2.24, 2.45) is 27.9 Å². The number of nitrogens with one attached hydrogen (secondary N) is 4. The van der Waals surface area contributed by atoms with Crippen LogP contribution in [0.3, 0.4) is 0 Å². The standard InChI is InChI=1S/C22H36N10O8/c23-12(2-1-7-28-22(25)26)18(36)30-13(3-5-16(24)33)19(37)32-15(8-11-9-27-10-29-11)20(38)31-14(21(39)40)4-6-17(34)35/h9-10,12-15H,1-8,23H2,(H2,24,33)(H,27,29)(H,30,36)(H,31,38)(H,32,37)(H,34,35)(H,39,40)(H4,25,26,28). The van der Waals surface area contributed by atoms with Gasteiger partial charge in [-0.15, -0.1) is 0 Å². The van der Waals surface area contributed by atoms with Gasteiger partial charge in [0, 0.05) is 37.7 Å². The fourth-order valence-electron chi connectivity index (χ4n) is 3.38. The second-order valence-corrected chi connectivity index (χ2v) is 8.80. The number of carboxylic acids is 2. The lowest BCUT2D eigenvalue weighted by Gasteiger charge is -2.25. The fraction of sp³-hybridized carbons (Fsp3) is 0.545. The summed E-state index contributed by atoms with van der Waals surface area (Å²) in [4.78, 5) is 82.9. The molecular formula is C22H36N10O8. The number of amides is 4. The van der Waals surface area contributed by atoms with Gasteiger partial charge in [-0.1, -0.05) is 0 Å². The SMILES string of the molecule is NC(=O)CCC(NC(=O)C(N)CCCN=C(N)N)C(=O)NC(Cc1cnc[nH]1)C(=O)NC(CCC(=O)O)C(=O)O. The molecule has 0 bridgehead atoms. The molecule has 0 spiro atoms. The highest BCUT2D eigenvalue weighted by Crippen LogP contribution is 2.06. The zero-order chi connectivity index (χ0) is 30.2. The first-order chi connectivity index (χ1) is 18.8. The third kappa shape index (κ3) is 13.2. The summed E-state index contributed by atoms with van der Waals surface area (Å²) in [6, 6.07) is -5.30. The Morgan fingerprint density at radius 2 is 1.48 bits per heavy atom. The first-order valence-electron chi connectivity index (χ1n) is 12.2. The maximum Gasteiger partial charge on any atom is 0.326 e. The topological polar surface area (TPSA) is 324 Å². The van der Waals surface area contributed by atoms with E-state index in [9.17, 15) is 33.9 Å². The molecule has 18 nitrogen and oxygen atoms in total. The van der Waals surface area contributed by atoms with Crippen LogP contribution in [-0.2, 0) is 35.2 Å². The van der Waals surface area contributed by atoms with Crippen LogP contribution in [0, 0.1) is 0 Å². The molecule has 14 N–H and O–H groups in total. The van der Waals surface area contributed by atoms with Gasteiger partial charge in [-0.25, -0.2) is 9.78 Å². The highest BCUT2D eigenvalue weighted by molar-refractivity contribution is 5.94. The number of carbonyl (C=O) groups is 6. The van der Waals surface area contributed by atoms with E-state index >= 15 is 0 Å². The third-order valence-electron chi connectivity index (χ3n) is 5.49. The summed E-state index contributed by atoms with van der Waals surface area (Å²) in [6.45, 7) is 0.225. The molecule has 0 aliphatic rings.